The van der Waals surface area contributed by atoms with Crippen molar-refractivity contribution in [1.82, 2.24) is 10.2 Å². The molecule has 1 aliphatic heterocycles. The lowest BCUT2D eigenvalue weighted by molar-refractivity contribution is -0.145. The van der Waals surface area contributed by atoms with Gasteiger partial charge in [0.15, 0.2) is 0 Å². The van der Waals surface area contributed by atoms with Gasteiger partial charge in [-0.1, -0.05) is 19.3 Å². The second kappa shape index (κ2) is 6.18. The van der Waals surface area contributed by atoms with Gasteiger partial charge in [0.1, 0.15) is 6.10 Å². The molecule has 0 unspecified atom stereocenters. The number of rotatable bonds is 2. The minimum atomic E-state index is -0.920. The monoisotopic (exact) mass is 254 g/mol. The summed E-state index contributed by atoms with van der Waals surface area (Å²) in [5.41, 5.74) is 0. The smallest absolute Gasteiger partial charge is 0.252 e. The van der Waals surface area contributed by atoms with Crippen molar-refractivity contribution in [3.05, 3.63) is 0 Å². The van der Waals surface area contributed by atoms with E-state index in [2.05, 4.69) is 5.32 Å². The average Bonchev–Trinajstić information content (AvgIpc) is 2.63. The summed E-state index contributed by atoms with van der Waals surface area (Å²) in [6, 6.07) is 0. The molecule has 1 saturated carbocycles. The normalized spacial score (nSPS) is 24.3. The van der Waals surface area contributed by atoms with Crippen LogP contribution in [-0.4, -0.2) is 47.6 Å². The Balaban J connectivity index is 1.93. The van der Waals surface area contributed by atoms with Gasteiger partial charge in [0.05, 0.1) is 6.54 Å². The third-order valence-electron chi connectivity index (χ3n) is 3.92. The summed E-state index contributed by atoms with van der Waals surface area (Å²) in [5.74, 6) is -0.312. The van der Waals surface area contributed by atoms with E-state index in [-0.39, 0.29) is 24.3 Å². The van der Waals surface area contributed by atoms with Crippen LogP contribution in [0.3, 0.4) is 0 Å². The van der Waals surface area contributed by atoms with E-state index in [1.165, 1.54) is 11.3 Å². The van der Waals surface area contributed by atoms with Crippen LogP contribution >= 0.6 is 0 Å². The molecule has 1 heterocycles. The molecule has 2 fully saturated rings. The zero-order valence-electron chi connectivity index (χ0n) is 10.7. The number of aliphatic hydroxyl groups excluding tert-OH is 1. The highest BCUT2D eigenvalue weighted by molar-refractivity contribution is 5.87. The Morgan fingerprint density at radius 3 is 2.72 bits per heavy atom. The van der Waals surface area contributed by atoms with Crippen LogP contribution < -0.4 is 5.32 Å². The summed E-state index contributed by atoms with van der Waals surface area (Å²) in [5, 5.41) is 12.9. The highest BCUT2D eigenvalue weighted by Gasteiger charge is 2.32. The maximum atomic E-state index is 12.2. The van der Waals surface area contributed by atoms with Gasteiger partial charge in [0.2, 0.25) is 5.91 Å². The molecule has 18 heavy (non-hydrogen) atoms. The van der Waals surface area contributed by atoms with Crippen molar-refractivity contribution in [3.8, 4) is 0 Å². The first-order valence-corrected chi connectivity index (χ1v) is 6.92. The Bertz CT molecular complexity index is 313. The number of hydrogen-bond donors (Lipinski definition) is 2. The van der Waals surface area contributed by atoms with Crippen LogP contribution in [-0.2, 0) is 9.59 Å². The molecule has 102 valence electrons. The van der Waals surface area contributed by atoms with Gasteiger partial charge in [0, 0.05) is 13.1 Å². The van der Waals surface area contributed by atoms with Crippen LogP contribution in [0.4, 0.5) is 0 Å². The van der Waals surface area contributed by atoms with Crippen LogP contribution in [0.1, 0.15) is 38.5 Å². The number of carbonyl (C=O) groups is 2. The van der Waals surface area contributed by atoms with Crippen LogP contribution in [0.5, 0.6) is 0 Å². The molecule has 0 bridgehead atoms. The topological polar surface area (TPSA) is 69.6 Å². The lowest BCUT2D eigenvalue weighted by atomic mass is 9.85. The first-order chi connectivity index (χ1) is 8.68. The molecule has 5 heteroatoms. The summed E-state index contributed by atoms with van der Waals surface area (Å²) in [4.78, 5) is 25.1. The summed E-state index contributed by atoms with van der Waals surface area (Å²) in [6.45, 7) is 1.26. The predicted octanol–water partition coefficient (Wildman–Crippen LogP) is 0.276. The van der Waals surface area contributed by atoms with Crippen molar-refractivity contribution in [2.45, 2.75) is 44.6 Å². The predicted molar refractivity (Wildman–Crippen MR) is 66.8 cm³/mol. The molecule has 2 N–H and O–H groups in total. The second-order valence-electron chi connectivity index (χ2n) is 5.31. The third-order valence-corrected chi connectivity index (χ3v) is 3.92. The maximum Gasteiger partial charge on any atom is 0.252 e. The Hall–Kier alpha value is -1.10. The van der Waals surface area contributed by atoms with Crippen LogP contribution in [0.25, 0.3) is 0 Å². The molecule has 1 saturated heterocycles. The van der Waals surface area contributed by atoms with Crippen molar-refractivity contribution < 1.29 is 14.7 Å². The van der Waals surface area contributed by atoms with Gasteiger partial charge in [-0.05, 0) is 25.2 Å². The van der Waals surface area contributed by atoms with E-state index in [9.17, 15) is 14.7 Å². The van der Waals surface area contributed by atoms with Gasteiger partial charge in [-0.15, -0.1) is 0 Å². The number of nitrogens with zero attached hydrogens (tertiary/aromatic N) is 1. The Morgan fingerprint density at radius 2 is 2.00 bits per heavy atom. The molecular weight excluding hydrogens is 232 g/mol. The fourth-order valence-corrected chi connectivity index (χ4v) is 2.83. The van der Waals surface area contributed by atoms with Crippen molar-refractivity contribution in [2.75, 3.05) is 19.6 Å². The first-order valence-electron chi connectivity index (χ1n) is 6.92. The van der Waals surface area contributed by atoms with Crippen LogP contribution in [0.2, 0.25) is 0 Å². The molecule has 5 nitrogen and oxygen atoms in total. The van der Waals surface area contributed by atoms with Gasteiger partial charge in [-0.2, -0.15) is 0 Å². The molecule has 0 aromatic rings. The minimum Gasteiger partial charge on any atom is -0.383 e. The summed E-state index contributed by atoms with van der Waals surface area (Å²) in [7, 11) is 0. The molecule has 0 aromatic carbocycles. The SMILES string of the molecule is O=C1CN(C(=O)[C@H](O)C2CCCCC2)CCCN1. The lowest BCUT2D eigenvalue weighted by Crippen LogP contribution is -2.45. The summed E-state index contributed by atoms with van der Waals surface area (Å²) >= 11 is 0. The molecule has 0 spiro atoms. The van der Waals surface area contributed by atoms with E-state index in [1.54, 1.807) is 0 Å². The van der Waals surface area contributed by atoms with Crippen molar-refractivity contribution in [2.24, 2.45) is 5.92 Å². The van der Waals surface area contributed by atoms with Crippen molar-refractivity contribution >= 4 is 11.8 Å². The molecule has 2 amide bonds. The standard InChI is InChI=1S/C13H22N2O3/c16-11-9-15(8-4-7-14-11)13(18)12(17)10-5-2-1-3-6-10/h10,12,17H,1-9H2,(H,14,16)/t12-/m1/s1. The highest BCUT2D eigenvalue weighted by Crippen LogP contribution is 2.27. The molecule has 2 rings (SSSR count). The molecule has 0 radical (unpaired) electrons. The molecule has 1 atom stereocenters. The van der Waals surface area contributed by atoms with Crippen molar-refractivity contribution in [1.29, 1.82) is 0 Å². The average molecular weight is 254 g/mol. The largest absolute Gasteiger partial charge is 0.383 e. The van der Waals surface area contributed by atoms with E-state index >= 15 is 0 Å². The van der Waals surface area contributed by atoms with Gasteiger partial charge in [-0.3, -0.25) is 9.59 Å². The van der Waals surface area contributed by atoms with Gasteiger partial charge >= 0.3 is 0 Å². The summed E-state index contributed by atoms with van der Waals surface area (Å²) < 4.78 is 0. The zero-order valence-corrected chi connectivity index (χ0v) is 10.7. The number of amides is 2. The van der Waals surface area contributed by atoms with Crippen molar-refractivity contribution in [3.63, 3.8) is 0 Å². The third kappa shape index (κ3) is 3.22. The number of aliphatic hydroxyl groups is 1. The second-order valence-corrected chi connectivity index (χ2v) is 5.31. The Labute approximate surface area is 108 Å². The number of carbonyl (C=O) groups excluding carboxylic acids is 2. The first kappa shape index (κ1) is 13.3. The Kier molecular flexibility index (Phi) is 4.58. The maximum absolute atomic E-state index is 12.2. The van der Waals surface area contributed by atoms with Crippen LogP contribution in [0, 0.1) is 5.92 Å². The summed E-state index contributed by atoms with van der Waals surface area (Å²) in [6.07, 6.45) is 5.07. The van der Waals surface area contributed by atoms with Gasteiger partial charge in [-0.25, -0.2) is 0 Å². The van der Waals surface area contributed by atoms with E-state index < -0.39 is 6.10 Å². The minimum absolute atomic E-state index is 0.0811. The Morgan fingerprint density at radius 1 is 1.28 bits per heavy atom. The quantitative estimate of drug-likeness (QED) is 0.743. The lowest BCUT2D eigenvalue weighted by Gasteiger charge is -2.29. The zero-order chi connectivity index (χ0) is 13.0. The fourth-order valence-electron chi connectivity index (χ4n) is 2.83. The van der Waals surface area contributed by atoms with Crippen LogP contribution in [0.15, 0.2) is 0 Å². The molecular formula is C13H22N2O3. The van der Waals surface area contributed by atoms with Gasteiger partial charge < -0.3 is 15.3 Å². The number of hydrogen-bond acceptors (Lipinski definition) is 3. The van der Waals surface area contributed by atoms with E-state index in [1.807, 2.05) is 0 Å². The van der Waals surface area contributed by atoms with E-state index in [0.717, 1.165) is 32.1 Å². The van der Waals surface area contributed by atoms with E-state index in [4.69, 9.17) is 0 Å². The highest BCUT2D eigenvalue weighted by atomic mass is 16.3. The molecule has 2 aliphatic rings. The molecule has 1 aliphatic carbocycles. The fraction of sp³-hybridized carbons (Fsp3) is 0.846. The number of nitrogens with one attached hydrogen (secondary N) is 1. The molecule has 0 aromatic heterocycles. The van der Waals surface area contributed by atoms with E-state index in [0.29, 0.717) is 13.1 Å². The van der Waals surface area contributed by atoms with Gasteiger partial charge in [0.25, 0.3) is 5.91 Å².